The lowest BCUT2D eigenvalue weighted by atomic mass is 9.80. The molecule has 1 unspecified atom stereocenters. The summed E-state index contributed by atoms with van der Waals surface area (Å²) >= 11 is 0. The van der Waals surface area contributed by atoms with Crippen molar-refractivity contribution < 1.29 is 4.74 Å². The number of hydrogen-bond acceptors (Lipinski definition) is 6. The van der Waals surface area contributed by atoms with Crippen molar-refractivity contribution in [2.75, 3.05) is 13.2 Å². The summed E-state index contributed by atoms with van der Waals surface area (Å²) in [7, 11) is 0. The Morgan fingerprint density at radius 3 is 2.71 bits per heavy atom. The van der Waals surface area contributed by atoms with E-state index in [1.807, 2.05) is 18.5 Å². The van der Waals surface area contributed by atoms with E-state index in [9.17, 15) is 0 Å². The molecule has 7 nitrogen and oxygen atoms in total. The molecule has 4 N–H and O–H groups in total. The molecule has 28 heavy (non-hydrogen) atoms. The van der Waals surface area contributed by atoms with Gasteiger partial charge in [0.15, 0.2) is 0 Å². The van der Waals surface area contributed by atoms with Crippen LogP contribution >= 0.6 is 0 Å². The van der Waals surface area contributed by atoms with Gasteiger partial charge in [0.1, 0.15) is 5.82 Å². The van der Waals surface area contributed by atoms with Crippen LogP contribution in [0.4, 0.5) is 0 Å². The molecule has 0 amide bonds. The van der Waals surface area contributed by atoms with Crippen molar-refractivity contribution in [1.29, 1.82) is 0 Å². The van der Waals surface area contributed by atoms with Crippen LogP contribution in [-0.2, 0) is 16.7 Å². The standard InChI is InChI=1S/C21H30N6O/c22-15-3-7-21(23,8-4-15)20-24-9-5-18(26-20)17-12-25-27(16-6-10-28-13-16)19(17)11-14-1-2-14/h5,9,12,14-16H,1-4,6-8,10-11,13,22-23H2. The van der Waals surface area contributed by atoms with E-state index in [4.69, 9.17) is 26.3 Å². The van der Waals surface area contributed by atoms with Gasteiger partial charge in [0, 0.05) is 30.1 Å². The third kappa shape index (κ3) is 3.47. The first kappa shape index (κ1) is 18.2. The van der Waals surface area contributed by atoms with Crippen molar-refractivity contribution in [2.45, 2.75) is 69.0 Å². The fraction of sp³-hybridized carbons (Fsp3) is 0.667. The van der Waals surface area contributed by atoms with E-state index in [1.165, 1.54) is 18.5 Å². The van der Waals surface area contributed by atoms with Crippen molar-refractivity contribution in [3.63, 3.8) is 0 Å². The van der Waals surface area contributed by atoms with Gasteiger partial charge in [-0.2, -0.15) is 5.10 Å². The number of ether oxygens (including phenoxy) is 1. The number of nitrogens with two attached hydrogens (primary N) is 2. The summed E-state index contributed by atoms with van der Waals surface area (Å²) in [5, 5.41) is 4.75. The first-order valence-electron chi connectivity index (χ1n) is 10.6. The molecule has 2 aromatic rings. The second kappa shape index (κ2) is 7.21. The first-order valence-corrected chi connectivity index (χ1v) is 10.6. The maximum absolute atomic E-state index is 6.71. The van der Waals surface area contributed by atoms with Gasteiger partial charge in [-0.1, -0.05) is 0 Å². The highest BCUT2D eigenvalue weighted by atomic mass is 16.5. The lowest BCUT2D eigenvalue weighted by molar-refractivity contribution is 0.184. The zero-order valence-corrected chi connectivity index (χ0v) is 16.4. The molecule has 2 aliphatic carbocycles. The summed E-state index contributed by atoms with van der Waals surface area (Å²) in [6.07, 6.45) is 12.1. The van der Waals surface area contributed by atoms with Gasteiger partial charge in [0.05, 0.1) is 30.1 Å². The smallest absolute Gasteiger partial charge is 0.148 e. The Morgan fingerprint density at radius 1 is 1.18 bits per heavy atom. The van der Waals surface area contributed by atoms with Crippen molar-refractivity contribution in [2.24, 2.45) is 17.4 Å². The van der Waals surface area contributed by atoms with Gasteiger partial charge in [0.25, 0.3) is 0 Å². The Labute approximate surface area is 165 Å². The average Bonchev–Trinajstić information content (AvgIpc) is 3.19. The van der Waals surface area contributed by atoms with Crippen LogP contribution in [0, 0.1) is 5.92 Å². The third-order valence-electron chi connectivity index (χ3n) is 6.63. The predicted octanol–water partition coefficient (Wildman–Crippen LogP) is 2.31. The minimum absolute atomic E-state index is 0.247. The van der Waals surface area contributed by atoms with Crippen LogP contribution in [0.15, 0.2) is 18.5 Å². The molecule has 5 rings (SSSR count). The highest BCUT2D eigenvalue weighted by Gasteiger charge is 2.35. The van der Waals surface area contributed by atoms with Crippen LogP contribution in [0.3, 0.4) is 0 Å². The summed E-state index contributed by atoms with van der Waals surface area (Å²) < 4.78 is 7.80. The summed E-state index contributed by atoms with van der Waals surface area (Å²) in [6, 6.07) is 2.57. The van der Waals surface area contributed by atoms with Crippen molar-refractivity contribution in [1.82, 2.24) is 19.7 Å². The van der Waals surface area contributed by atoms with Crippen molar-refractivity contribution in [3.05, 3.63) is 30.0 Å². The van der Waals surface area contributed by atoms with Gasteiger partial charge in [-0.25, -0.2) is 9.97 Å². The molecule has 7 heteroatoms. The zero-order valence-electron chi connectivity index (χ0n) is 16.4. The molecule has 1 aliphatic heterocycles. The van der Waals surface area contributed by atoms with Crippen LogP contribution in [0.1, 0.15) is 62.5 Å². The monoisotopic (exact) mass is 382 g/mol. The Morgan fingerprint density at radius 2 is 2.00 bits per heavy atom. The van der Waals surface area contributed by atoms with E-state index in [2.05, 4.69) is 9.67 Å². The SMILES string of the molecule is NC1CCC(N)(c2nccc(-c3cnn(C4CCOC4)c3CC3CC3)n2)CC1. The minimum Gasteiger partial charge on any atom is -0.379 e. The van der Waals surface area contributed by atoms with Gasteiger partial charge < -0.3 is 16.2 Å². The largest absolute Gasteiger partial charge is 0.379 e. The quantitative estimate of drug-likeness (QED) is 0.822. The maximum Gasteiger partial charge on any atom is 0.148 e. The van der Waals surface area contributed by atoms with E-state index in [0.29, 0.717) is 6.04 Å². The van der Waals surface area contributed by atoms with E-state index in [1.54, 1.807) is 0 Å². The lowest BCUT2D eigenvalue weighted by Crippen LogP contribution is -2.44. The summed E-state index contributed by atoms with van der Waals surface area (Å²) in [5.41, 5.74) is 15.7. The summed E-state index contributed by atoms with van der Waals surface area (Å²) in [6.45, 7) is 1.57. The molecule has 0 spiro atoms. The van der Waals surface area contributed by atoms with Gasteiger partial charge in [-0.05, 0) is 63.4 Å². The Hall–Kier alpha value is -1.83. The molecule has 3 fully saturated rings. The zero-order chi connectivity index (χ0) is 19.1. The summed E-state index contributed by atoms with van der Waals surface area (Å²) in [4.78, 5) is 9.48. The molecular weight excluding hydrogens is 352 g/mol. The second-order valence-electron chi connectivity index (χ2n) is 8.87. The minimum atomic E-state index is -0.474. The van der Waals surface area contributed by atoms with Crippen LogP contribution in [0.25, 0.3) is 11.3 Å². The molecule has 2 saturated carbocycles. The van der Waals surface area contributed by atoms with E-state index in [-0.39, 0.29) is 6.04 Å². The predicted molar refractivity (Wildman–Crippen MR) is 106 cm³/mol. The van der Waals surface area contributed by atoms with E-state index in [0.717, 1.165) is 74.7 Å². The topological polar surface area (TPSA) is 105 Å². The highest BCUT2D eigenvalue weighted by Crippen LogP contribution is 2.38. The third-order valence-corrected chi connectivity index (χ3v) is 6.63. The molecule has 1 atom stereocenters. The van der Waals surface area contributed by atoms with Crippen molar-refractivity contribution in [3.8, 4) is 11.3 Å². The van der Waals surface area contributed by atoms with Crippen LogP contribution in [0.2, 0.25) is 0 Å². The molecular formula is C21H30N6O. The molecule has 1 saturated heterocycles. The van der Waals surface area contributed by atoms with Gasteiger partial charge >= 0.3 is 0 Å². The Bertz CT molecular complexity index is 831. The van der Waals surface area contributed by atoms with Crippen LogP contribution in [-0.4, -0.2) is 39.0 Å². The van der Waals surface area contributed by atoms with E-state index < -0.39 is 5.54 Å². The van der Waals surface area contributed by atoms with Crippen LogP contribution < -0.4 is 11.5 Å². The Balaban J connectivity index is 1.49. The molecule has 3 aliphatic rings. The lowest BCUT2D eigenvalue weighted by Gasteiger charge is -2.34. The van der Waals surface area contributed by atoms with Crippen molar-refractivity contribution >= 4 is 0 Å². The second-order valence-corrected chi connectivity index (χ2v) is 8.87. The number of nitrogens with zero attached hydrogens (tertiary/aromatic N) is 4. The molecule has 0 bridgehead atoms. The number of hydrogen-bond donors (Lipinski definition) is 2. The van der Waals surface area contributed by atoms with Gasteiger partial charge in [-0.3, -0.25) is 4.68 Å². The molecule has 2 aromatic heterocycles. The van der Waals surface area contributed by atoms with Gasteiger partial charge in [-0.15, -0.1) is 0 Å². The highest BCUT2D eigenvalue weighted by molar-refractivity contribution is 5.61. The van der Waals surface area contributed by atoms with E-state index >= 15 is 0 Å². The fourth-order valence-corrected chi connectivity index (χ4v) is 4.56. The average molecular weight is 383 g/mol. The first-order chi connectivity index (χ1) is 13.6. The maximum atomic E-state index is 6.71. The summed E-state index contributed by atoms with van der Waals surface area (Å²) in [5.74, 6) is 1.52. The fourth-order valence-electron chi connectivity index (χ4n) is 4.56. The molecule has 0 aromatic carbocycles. The normalized spacial score (nSPS) is 30.6. The molecule has 3 heterocycles. The van der Waals surface area contributed by atoms with Gasteiger partial charge in [0.2, 0.25) is 0 Å². The van der Waals surface area contributed by atoms with Crippen LogP contribution in [0.5, 0.6) is 0 Å². The molecule has 0 radical (unpaired) electrons. The number of aromatic nitrogens is 4. The Kier molecular flexibility index (Phi) is 4.69. The number of rotatable bonds is 5. The molecule has 150 valence electrons.